The standard InChI is InChI=1S/C30H32N2O9/c1-19(33)13-14-23(34)17-22-15-16-32(29(38)31-22)28-30(2,41-27(37)21-11-7-4-8-12-21)25(35)24(40-28)18-39-26(36)20-9-5-3-6-10-20/h3-12,15-17,19,24-25,28,33-35H,13-14,18H2,1-2H3/t19?,24-,25-,28-,30-/m1/s1. The first-order valence-electron chi connectivity index (χ1n) is 13.1. The Hall–Kier alpha value is -4.32. The summed E-state index contributed by atoms with van der Waals surface area (Å²) in [5, 5.41) is 30.8. The largest absolute Gasteiger partial charge is 0.512 e. The molecule has 2 aromatic carbocycles. The molecule has 1 aliphatic rings. The lowest BCUT2D eigenvalue weighted by atomic mass is 9.95. The SMILES string of the molecule is CC(O)CCC(O)=Cc1ccn([C@@H]2O[C@H](COC(=O)c3ccccc3)[C@@H](O)[C@@]2(C)OC(=O)c2ccccc2)c(=O)n1. The van der Waals surface area contributed by atoms with Gasteiger partial charge in [0.2, 0.25) is 0 Å². The third kappa shape index (κ3) is 7.07. The Labute approximate surface area is 236 Å². The maximum atomic E-state index is 13.1. The van der Waals surface area contributed by atoms with Crippen LogP contribution in [0.2, 0.25) is 0 Å². The van der Waals surface area contributed by atoms with Crippen molar-refractivity contribution in [2.75, 3.05) is 6.61 Å². The van der Waals surface area contributed by atoms with Gasteiger partial charge in [0.1, 0.15) is 18.8 Å². The Morgan fingerprint density at radius 3 is 2.27 bits per heavy atom. The number of aliphatic hydroxyl groups excluding tert-OH is 3. The molecule has 1 fully saturated rings. The number of allylic oxidation sites excluding steroid dienone is 1. The Bertz CT molecular complexity index is 1440. The van der Waals surface area contributed by atoms with Gasteiger partial charge >= 0.3 is 17.6 Å². The third-order valence-electron chi connectivity index (χ3n) is 6.68. The highest BCUT2D eigenvalue weighted by atomic mass is 16.6. The van der Waals surface area contributed by atoms with Crippen LogP contribution in [0.4, 0.5) is 0 Å². The number of hydrogen-bond donors (Lipinski definition) is 3. The molecule has 0 saturated carbocycles. The van der Waals surface area contributed by atoms with Crippen LogP contribution in [0.3, 0.4) is 0 Å². The van der Waals surface area contributed by atoms with E-state index in [0.717, 1.165) is 4.57 Å². The van der Waals surface area contributed by atoms with Gasteiger partial charge in [-0.2, -0.15) is 4.98 Å². The molecule has 0 amide bonds. The van der Waals surface area contributed by atoms with E-state index in [4.69, 9.17) is 14.2 Å². The van der Waals surface area contributed by atoms with Crippen molar-refractivity contribution < 1.29 is 39.1 Å². The van der Waals surface area contributed by atoms with E-state index >= 15 is 0 Å². The molecule has 1 saturated heterocycles. The smallest absolute Gasteiger partial charge is 0.350 e. The van der Waals surface area contributed by atoms with Gasteiger partial charge in [0.05, 0.1) is 28.7 Å². The Balaban J connectivity index is 1.61. The van der Waals surface area contributed by atoms with Crippen LogP contribution in [-0.4, -0.2) is 67.3 Å². The zero-order chi connectivity index (χ0) is 29.6. The van der Waals surface area contributed by atoms with Crippen LogP contribution in [0.1, 0.15) is 59.3 Å². The number of ether oxygens (including phenoxy) is 3. The van der Waals surface area contributed by atoms with Gasteiger partial charge in [-0.25, -0.2) is 14.4 Å². The minimum absolute atomic E-state index is 0.0648. The minimum atomic E-state index is -1.79. The first kappa shape index (κ1) is 29.7. The molecule has 0 aliphatic carbocycles. The second-order valence-corrected chi connectivity index (χ2v) is 9.94. The number of benzene rings is 2. The quantitative estimate of drug-likeness (QED) is 0.247. The van der Waals surface area contributed by atoms with Crippen molar-refractivity contribution in [1.29, 1.82) is 0 Å². The number of carbonyl (C=O) groups excluding carboxylic acids is 2. The van der Waals surface area contributed by atoms with E-state index in [2.05, 4.69) is 4.98 Å². The summed E-state index contributed by atoms with van der Waals surface area (Å²) in [7, 11) is 0. The first-order chi connectivity index (χ1) is 19.6. The first-order valence-corrected chi connectivity index (χ1v) is 13.1. The van der Waals surface area contributed by atoms with Crippen LogP contribution in [0.25, 0.3) is 6.08 Å². The lowest BCUT2D eigenvalue weighted by Gasteiger charge is -2.32. The van der Waals surface area contributed by atoms with Crippen molar-refractivity contribution in [3.05, 3.63) is 106 Å². The van der Waals surface area contributed by atoms with E-state index in [1.165, 1.54) is 25.3 Å². The summed E-state index contributed by atoms with van der Waals surface area (Å²) in [6.45, 7) is 2.63. The van der Waals surface area contributed by atoms with Crippen LogP contribution in [0, 0.1) is 0 Å². The number of rotatable bonds is 10. The molecule has 5 atom stereocenters. The lowest BCUT2D eigenvalue weighted by molar-refractivity contribution is -0.109. The topological polar surface area (TPSA) is 157 Å². The van der Waals surface area contributed by atoms with E-state index in [1.807, 2.05) is 0 Å². The minimum Gasteiger partial charge on any atom is -0.512 e. The number of aromatic nitrogens is 2. The summed E-state index contributed by atoms with van der Waals surface area (Å²) in [6, 6.07) is 17.8. The highest BCUT2D eigenvalue weighted by Gasteiger charge is 2.58. The fourth-order valence-corrected chi connectivity index (χ4v) is 4.41. The molecule has 1 aromatic heterocycles. The predicted molar refractivity (Wildman–Crippen MR) is 147 cm³/mol. The summed E-state index contributed by atoms with van der Waals surface area (Å²) < 4.78 is 18.2. The zero-order valence-corrected chi connectivity index (χ0v) is 22.6. The van der Waals surface area contributed by atoms with Gasteiger partial charge in [0, 0.05) is 18.7 Å². The average molecular weight is 565 g/mol. The summed E-state index contributed by atoms with van der Waals surface area (Å²) >= 11 is 0. The molecule has 1 aliphatic heterocycles. The summed E-state index contributed by atoms with van der Waals surface area (Å²) in [5.74, 6) is -1.46. The molecule has 216 valence electrons. The van der Waals surface area contributed by atoms with E-state index < -0.39 is 47.8 Å². The van der Waals surface area contributed by atoms with E-state index in [-0.39, 0.29) is 30.0 Å². The third-order valence-corrected chi connectivity index (χ3v) is 6.68. The van der Waals surface area contributed by atoms with Crippen LogP contribution < -0.4 is 5.69 Å². The average Bonchev–Trinajstić information content (AvgIpc) is 3.20. The van der Waals surface area contributed by atoms with E-state index in [0.29, 0.717) is 12.0 Å². The molecule has 0 spiro atoms. The molecular formula is C30H32N2O9. The van der Waals surface area contributed by atoms with Crippen molar-refractivity contribution in [3.8, 4) is 0 Å². The highest BCUT2D eigenvalue weighted by molar-refractivity contribution is 5.90. The predicted octanol–water partition coefficient (Wildman–Crippen LogP) is 3.03. The maximum absolute atomic E-state index is 13.1. The Kier molecular flexibility index (Phi) is 9.33. The van der Waals surface area contributed by atoms with Crippen LogP contribution >= 0.6 is 0 Å². The number of aliphatic hydroxyl groups is 3. The second-order valence-electron chi connectivity index (χ2n) is 9.94. The fraction of sp³-hybridized carbons (Fsp3) is 0.333. The van der Waals surface area contributed by atoms with Gasteiger partial charge in [0.15, 0.2) is 11.8 Å². The number of hydrogen-bond acceptors (Lipinski definition) is 10. The Morgan fingerprint density at radius 2 is 1.68 bits per heavy atom. The zero-order valence-electron chi connectivity index (χ0n) is 22.6. The molecular weight excluding hydrogens is 532 g/mol. The van der Waals surface area contributed by atoms with Gasteiger partial charge in [-0.05, 0) is 50.6 Å². The summed E-state index contributed by atoms with van der Waals surface area (Å²) in [4.78, 5) is 42.6. The van der Waals surface area contributed by atoms with Gasteiger partial charge in [-0.1, -0.05) is 36.4 Å². The maximum Gasteiger partial charge on any atom is 0.350 e. The van der Waals surface area contributed by atoms with Gasteiger partial charge in [-0.3, -0.25) is 4.57 Å². The molecule has 11 heteroatoms. The van der Waals surface area contributed by atoms with Crippen molar-refractivity contribution in [3.63, 3.8) is 0 Å². The van der Waals surface area contributed by atoms with Crippen LogP contribution in [0.15, 0.2) is 83.5 Å². The van der Waals surface area contributed by atoms with Crippen molar-refractivity contribution in [2.45, 2.75) is 56.8 Å². The van der Waals surface area contributed by atoms with Crippen molar-refractivity contribution in [2.24, 2.45) is 0 Å². The molecule has 0 radical (unpaired) electrons. The number of carbonyl (C=O) groups is 2. The number of esters is 2. The highest BCUT2D eigenvalue weighted by Crippen LogP contribution is 2.41. The summed E-state index contributed by atoms with van der Waals surface area (Å²) in [6.07, 6.45) is -1.43. The van der Waals surface area contributed by atoms with Crippen LogP contribution in [-0.2, 0) is 14.2 Å². The monoisotopic (exact) mass is 564 g/mol. The normalized spacial score (nSPS) is 23.1. The molecule has 41 heavy (non-hydrogen) atoms. The molecule has 2 heterocycles. The molecule has 4 rings (SSSR count). The van der Waals surface area contributed by atoms with Gasteiger partial charge < -0.3 is 29.5 Å². The second kappa shape index (κ2) is 12.9. The lowest BCUT2D eigenvalue weighted by Crippen LogP contribution is -2.49. The fourth-order valence-electron chi connectivity index (χ4n) is 4.41. The van der Waals surface area contributed by atoms with Crippen molar-refractivity contribution >= 4 is 18.0 Å². The van der Waals surface area contributed by atoms with E-state index in [1.54, 1.807) is 67.6 Å². The Morgan fingerprint density at radius 1 is 1.07 bits per heavy atom. The molecule has 11 nitrogen and oxygen atoms in total. The van der Waals surface area contributed by atoms with Gasteiger partial charge in [-0.15, -0.1) is 0 Å². The molecule has 3 N–H and O–H groups in total. The molecule has 0 bridgehead atoms. The molecule has 1 unspecified atom stereocenters. The number of nitrogens with zero attached hydrogens (tertiary/aromatic N) is 2. The van der Waals surface area contributed by atoms with Crippen molar-refractivity contribution in [1.82, 2.24) is 9.55 Å². The van der Waals surface area contributed by atoms with E-state index in [9.17, 15) is 29.7 Å². The van der Waals surface area contributed by atoms with Crippen LogP contribution in [0.5, 0.6) is 0 Å². The van der Waals surface area contributed by atoms with Gasteiger partial charge in [0.25, 0.3) is 0 Å². The summed E-state index contributed by atoms with van der Waals surface area (Å²) in [5.41, 5.74) is -1.92. The molecule has 3 aromatic rings.